The van der Waals surface area contributed by atoms with Crippen molar-refractivity contribution in [2.24, 2.45) is 5.92 Å². The SMILES string of the molecule is CCCCNC(=O)C1CCCN(C(=O)c2cn[nH]c2-c2ccc(Cl)cc2)C1. The predicted octanol–water partition coefficient (Wildman–Crippen LogP) is 3.50. The van der Waals surface area contributed by atoms with E-state index in [4.69, 9.17) is 11.6 Å². The van der Waals surface area contributed by atoms with Gasteiger partial charge in [0.15, 0.2) is 0 Å². The third-order valence-electron chi connectivity index (χ3n) is 4.91. The van der Waals surface area contributed by atoms with Crippen molar-refractivity contribution in [3.63, 3.8) is 0 Å². The number of carbonyl (C=O) groups is 2. The van der Waals surface area contributed by atoms with Crippen molar-refractivity contribution >= 4 is 23.4 Å². The van der Waals surface area contributed by atoms with Crippen molar-refractivity contribution in [1.29, 1.82) is 0 Å². The Morgan fingerprint density at radius 1 is 1.33 bits per heavy atom. The fourth-order valence-electron chi connectivity index (χ4n) is 3.36. The van der Waals surface area contributed by atoms with Gasteiger partial charge in [0.05, 0.1) is 23.4 Å². The molecule has 1 aromatic carbocycles. The third kappa shape index (κ3) is 4.69. The summed E-state index contributed by atoms with van der Waals surface area (Å²) in [6.45, 7) is 3.89. The van der Waals surface area contributed by atoms with E-state index in [0.717, 1.165) is 31.2 Å². The molecule has 1 aliphatic rings. The fraction of sp³-hybridized carbons (Fsp3) is 0.450. The maximum absolute atomic E-state index is 13.1. The van der Waals surface area contributed by atoms with Crippen LogP contribution in [-0.4, -0.2) is 46.5 Å². The lowest BCUT2D eigenvalue weighted by Gasteiger charge is -2.32. The number of H-pyrrole nitrogens is 1. The quantitative estimate of drug-likeness (QED) is 0.743. The van der Waals surface area contributed by atoms with Crippen LogP contribution in [0.15, 0.2) is 30.5 Å². The Morgan fingerprint density at radius 3 is 2.85 bits per heavy atom. The molecule has 2 amide bonds. The summed E-state index contributed by atoms with van der Waals surface area (Å²) in [5.41, 5.74) is 2.04. The number of hydrogen-bond acceptors (Lipinski definition) is 3. The van der Waals surface area contributed by atoms with Crippen LogP contribution in [0.25, 0.3) is 11.3 Å². The Hall–Kier alpha value is -2.34. The minimum Gasteiger partial charge on any atom is -0.356 e. The number of rotatable bonds is 6. The second-order valence-electron chi connectivity index (χ2n) is 6.90. The zero-order valence-corrected chi connectivity index (χ0v) is 16.3. The minimum absolute atomic E-state index is 0.0473. The molecule has 0 aliphatic carbocycles. The predicted molar refractivity (Wildman–Crippen MR) is 106 cm³/mol. The van der Waals surface area contributed by atoms with Crippen LogP contribution in [0.1, 0.15) is 43.0 Å². The van der Waals surface area contributed by atoms with Crippen LogP contribution in [0.4, 0.5) is 0 Å². The van der Waals surface area contributed by atoms with E-state index in [1.54, 1.807) is 23.2 Å². The summed E-state index contributed by atoms with van der Waals surface area (Å²) in [6.07, 6.45) is 5.21. The molecule has 0 bridgehead atoms. The summed E-state index contributed by atoms with van der Waals surface area (Å²) in [6, 6.07) is 7.27. The summed E-state index contributed by atoms with van der Waals surface area (Å²) in [5.74, 6) is -0.198. The van der Waals surface area contributed by atoms with E-state index in [1.165, 1.54) is 0 Å². The number of piperidine rings is 1. The van der Waals surface area contributed by atoms with Crippen molar-refractivity contribution in [1.82, 2.24) is 20.4 Å². The lowest BCUT2D eigenvalue weighted by Crippen LogP contribution is -2.45. The average Bonchev–Trinajstić information content (AvgIpc) is 3.18. The topological polar surface area (TPSA) is 78.1 Å². The normalized spacial score (nSPS) is 17.0. The Balaban J connectivity index is 1.70. The molecule has 1 atom stereocenters. The van der Waals surface area contributed by atoms with Gasteiger partial charge in [-0.05, 0) is 31.4 Å². The fourth-order valence-corrected chi connectivity index (χ4v) is 3.49. The molecule has 1 saturated heterocycles. The largest absolute Gasteiger partial charge is 0.356 e. The molecule has 1 aliphatic heterocycles. The zero-order chi connectivity index (χ0) is 19.2. The van der Waals surface area contributed by atoms with Gasteiger partial charge in [-0.1, -0.05) is 37.1 Å². The summed E-state index contributed by atoms with van der Waals surface area (Å²) < 4.78 is 0. The first-order valence-electron chi connectivity index (χ1n) is 9.46. The Morgan fingerprint density at radius 2 is 2.11 bits per heavy atom. The second-order valence-corrected chi connectivity index (χ2v) is 7.34. The van der Waals surface area contributed by atoms with E-state index in [0.29, 0.717) is 35.9 Å². The summed E-state index contributed by atoms with van der Waals surface area (Å²) in [5, 5.41) is 10.6. The van der Waals surface area contributed by atoms with Gasteiger partial charge in [-0.15, -0.1) is 0 Å². The van der Waals surface area contributed by atoms with E-state index in [9.17, 15) is 9.59 Å². The van der Waals surface area contributed by atoms with E-state index in [-0.39, 0.29) is 17.7 Å². The number of hydrogen-bond donors (Lipinski definition) is 2. The van der Waals surface area contributed by atoms with Crippen LogP contribution < -0.4 is 5.32 Å². The summed E-state index contributed by atoms with van der Waals surface area (Å²) in [4.78, 5) is 27.2. The van der Waals surface area contributed by atoms with Crippen molar-refractivity contribution in [2.45, 2.75) is 32.6 Å². The van der Waals surface area contributed by atoms with Gasteiger partial charge in [-0.25, -0.2) is 0 Å². The van der Waals surface area contributed by atoms with Crippen molar-refractivity contribution in [3.8, 4) is 11.3 Å². The number of nitrogens with one attached hydrogen (secondary N) is 2. The van der Waals surface area contributed by atoms with Crippen molar-refractivity contribution < 1.29 is 9.59 Å². The smallest absolute Gasteiger partial charge is 0.257 e. The van der Waals surface area contributed by atoms with Crippen LogP contribution >= 0.6 is 11.6 Å². The summed E-state index contributed by atoms with van der Waals surface area (Å²) >= 11 is 5.95. The Kier molecular flexibility index (Phi) is 6.50. The van der Waals surface area contributed by atoms with Gasteiger partial charge >= 0.3 is 0 Å². The van der Waals surface area contributed by atoms with Crippen LogP contribution in [0.5, 0.6) is 0 Å². The maximum atomic E-state index is 13.1. The van der Waals surface area contributed by atoms with E-state index in [1.807, 2.05) is 12.1 Å². The number of carbonyl (C=O) groups excluding carboxylic acids is 2. The first-order chi connectivity index (χ1) is 13.1. The number of likely N-dealkylation sites (tertiary alicyclic amines) is 1. The molecule has 0 radical (unpaired) electrons. The lowest BCUT2D eigenvalue weighted by atomic mass is 9.96. The number of unbranched alkanes of at least 4 members (excludes halogenated alkanes) is 1. The van der Waals surface area contributed by atoms with Crippen LogP contribution in [-0.2, 0) is 4.79 Å². The molecule has 2 N–H and O–H groups in total. The number of nitrogens with zero attached hydrogens (tertiary/aromatic N) is 2. The van der Waals surface area contributed by atoms with E-state index in [2.05, 4.69) is 22.4 Å². The zero-order valence-electron chi connectivity index (χ0n) is 15.5. The number of aromatic nitrogens is 2. The first-order valence-corrected chi connectivity index (χ1v) is 9.84. The average molecular weight is 389 g/mol. The van der Waals surface area contributed by atoms with Crippen LogP contribution in [0.2, 0.25) is 5.02 Å². The molecule has 1 unspecified atom stereocenters. The molecule has 7 heteroatoms. The maximum Gasteiger partial charge on any atom is 0.257 e. The molecule has 6 nitrogen and oxygen atoms in total. The van der Waals surface area contributed by atoms with Gasteiger partial charge in [0.1, 0.15) is 0 Å². The lowest BCUT2D eigenvalue weighted by molar-refractivity contribution is -0.126. The second kappa shape index (κ2) is 9.04. The van der Waals surface area contributed by atoms with Crippen LogP contribution in [0.3, 0.4) is 0 Å². The highest BCUT2D eigenvalue weighted by Gasteiger charge is 2.30. The number of amides is 2. The minimum atomic E-state index is -0.148. The van der Waals surface area contributed by atoms with Crippen LogP contribution in [0, 0.1) is 5.92 Å². The molecular formula is C20H25ClN4O2. The molecule has 27 heavy (non-hydrogen) atoms. The molecule has 3 rings (SSSR count). The summed E-state index contributed by atoms with van der Waals surface area (Å²) in [7, 11) is 0. The van der Waals surface area contributed by atoms with E-state index >= 15 is 0 Å². The molecule has 2 aromatic rings. The highest BCUT2D eigenvalue weighted by atomic mass is 35.5. The highest BCUT2D eigenvalue weighted by Crippen LogP contribution is 2.26. The Labute approximate surface area is 164 Å². The Bertz CT molecular complexity index is 788. The van der Waals surface area contributed by atoms with Gasteiger partial charge in [0, 0.05) is 30.2 Å². The number of halogens is 1. The van der Waals surface area contributed by atoms with Gasteiger partial charge in [-0.2, -0.15) is 5.10 Å². The van der Waals surface area contributed by atoms with Gasteiger partial charge < -0.3 is 10.2 Å². The van der Waals surface area contributed by atoms with E-state index < -0.39 is 0 Å². The number of benzene rings is 1. The standard InChI is InChI=1S/C20H25ClN4O2/c1-2-3-10-22-19(26)15-5-4-11-25(13-15)20(27)17-12-23-24-18(17)14-6-8-16(21)9-7-14/h6-9,12,15H,2-5,10-11,13H2,1H3,(H,22,26)(H,23,24). The molecule has 144 valence electrons. The van der Waals surface area contributed by atoms with Gasteiger partial charge in [0.25, 0.3) is 5.91 Å². The molecule has 0 spiro atoms. The molecular weight excluding hydrogens is 364 g/mol. The molecule has 1 fully saturated rings. The molecule has 2 heterocycles. The highest BCUT2D eigenvalue weighted by molar-refractivity contribution is 6.30. The first kappa shape index (κ1) is 19.4. The monoisotopic (exact) mass is 388 g/mol. The van der Waals surface area contributed by atoms with Crippen molar-refractivity contribution in [3.05, 3.63) is 41.0 Å². The van der Waals surface area contributed by atoms with Gasteiger partial charge in [-0.3, -0.25) is 14.7 Å². The molecule has 0 saturated carbocycles. The van der Waals surface area contributed by atoms with Gasteiger partial charge in [0.2, 0.25) is 5.91 Å². The van der Waals surface area contributed by atoms with Crippen molar-refractivity contribution in [2.75, 3.05) is 19.6 Å². The third-order valence-corrected chi connectivity index (χ3v) is 5.16. The molecule has 1 aromatic heterocycles. The number of aromatic amines is 1.